The summed E-state index contributed by atoms with van der Waals surface area (Å²) in [4.78, 5) is 31.8. The van der Waals surface area contributed by atoms with Gasteiger partial charge in [0, 0.05) is 33.3 Å². The van der Waals surface area contributed by atoms with E-state index in [9.17, 15) is 14.9 Å². The minimum absolute atomic E-state index is 0.297. The summed E-state index contributed by atoms with van der Waals surface area (Å²) in [5.41, 5.74) is 2.46. The number of nitrogens with zero attached hydrogens (tertiary/aromatic N) is 3. The largest absolute Gasteiger partial charge is 0.326 e. The van der Waals surface area contributed by atoms with Crippen molar-refractivity contribution in [3.63, 3.8) is 0 Å². The third kappa shape index (κ3) is 3.88. The van der Waals surface area contributed by atoms with Crippen LogP contribution in [0.25, 0.3) is 0 Å². The molecule has 8 heteroatoms. The molecule has 3 rings (SSSR count). The number of benzene rings is 1. The summed E-state index contributed by atoms with van der Waals surface area (Å²) >= 11 is 1.44. The van der Waals surface area contributed by atoms with Crippen LogP contribution in [0.3, 0.4) is 0 Å². The van der Waals surface area contributed by atoms with E-state index in [0.29, 0.717) is 17.3 Å². The molecule has 2 atom stereocenters. The van der Waals surface area contributed by atoms with E-state index in [1.165, 1.54) is 11.8 Å². The van der Waals surface area contributed by atoms with Crippen molar-refractivity contribution < 1.29 is 9.72 Å². The Labute approximate surface area is 143 Å². The second kappa shape index (κ2) is 6.56. The van der Waals surface area contributed by atoms with Gasteiger partial charge in [0.1, 0.15) is 5.92 Å². The SMILES string of the molecule is Cc1cc(C)nc(Sc2ccc(NC(=O)[C@@H]3C[C@@H]3[N+](=O)[O-])cc2)n1. The van der Waals surface area contributed by atoms with Gasteiger partial charge in [-0.1, -0.05) is 0 Å². The number of anilines is 1. The summed E-state index contributed by atoms with van der Waals surface area (Å²) in [6.07, 6.45) is 0.316. The number of hydrogen-bond acceptors (Lipinski definition) is 6. The van der Waals surface area contributed by atoms with Crippen LogP contribution in [0, 0.1) is 29.9 Å². The molecule has 1 saturated carbocycles. The molecule has 1 aliphatic carbocycles. The number of aromatic nitrogens is 2. The standard InChI is InChI=1S/C16H16N4O3S/c1-9-7-10(2)18-16(17-9)24-12-5-3-11(4-6-12)19-15(21)13-8-14(13)20(22)23/h3-7,13-14H,8H2,1-2H3,(H,19,21)/t13-,14+/m1/s1. The highest BCUT2D eigenvalue weighted by atomic mass is 32.2. The average Bonchev–Trinajstić information content (AvgIpc) is 3.29. The lowest BCUT2D eigenvalue weighted by atomic mass is 10.3. The average molecular weight is 344 g/mol. The number of carbonyl (C=O) groups is 1. The Morgan fingerprint density at radius 2 is 1.88 bits per heavy atom. The highest BCUT2D eigenvalue weighted by molar-refractivity contribution is 7.99. The molecule has 1 aliphatic rings. The van der Waals surface area contributed by atoms with Crippen molar-refractivity contribution in [1.29, 1.82) is 0 Å². The van der Waals surface area contributed by atoms with Crippen LogP contribution in [0.4, 0.5) is 5.69 Å². The number of nitro groups is 1. The van der Waals surface area contributed by atoms with E-state index in [4.69, 9.17) is 0 Å². The van der Waals surface area contributed by atoms with Gasteiger partial charge in [-0.05, 0) is 55.9 Å². The van der Waals surface area contributed by atoms with E-state index >= 15 is 0 Å². The van der Waals surface area contributed by atoms with Gasteiger partial charge >= 0.3 is 0 Å². The number of aryl methyl sites for hydroxylation is 2. The molecule has 0 bridgehead atoms. The molecule has 7 nitrogen and oxygen atoms in total. The van der Waals surface area contributed by atoms with Gasteiger partial charge in [0.25, 0.3) is 0 Å². The second-order valence-electron chi connectivity index (χ2n) is 5.74. The first-order chi connectivity index (χ1) is 11.4. The van der Waals surface area contributed by atoms with Crippen molar-refractivity contribution in [3.05, 3.63) is 51.8 Å². The maximum atomic E-state index is 11.9. The minimum Gasteiger partial charge on any atom is -0.326 e. The zero-order chi connectivity index (χ0) is 17.3. The lowest BCUT2D eigenvalue weighted by molar-refractivity contribution is -0.497. The maximum absolute atomic E-state index is 11.9. The summed E-state index contributed by atoms with van der Waals surface area (Å²) in [5, 5.41) is 14.0. The summed E-state index contributed by atoms with van der Waals surface area (Å²) in [6, 6.07) is 8.44. The Balaban J connectivity index is 1.61. The highest BCUT2D eigenvalue weighted by Crippen LogP contribution is 2.34. The van der Waals surface area contributed by atoms with Crippen molar-refractivity contribution in [2.45, 2.75) is 36.4 Å². The monoisotopic (exact) mass is 344 g/mol. The van der Waals surface area contributed by atoms with Crippen LogP contribution in [-0.4, -0.2) is 26.8 Å². The van der Waals surface area contributed by atoms with E-state index in [2.05, 4.69) is 15.3 Å². The Kier molecular flexibility index (Phi) is 4.48. The van der Waals surface area contributed by atoms with Crippen LogP contribution in [0.1, 0.15) is 17.8 Å². The van der Waals surface area contributed by atoms with Crippen molar-refractivity contribution >= 4 is 23.4 Å². The lowest BCUT2D eigenvalue weighted by Crippen LogP contribution is -2.18. The Hall–Kier alpha value is -2.48. The van der Waals surface area contributed by atoms with Gasteiger partial charge in [0.05, 0.1) is 0 Å². The summed E-state index contributed by atoms with van der Waals surface area (Å²) in [7, 11) is 0. The molecular weight excluding hydrogens is 328 g/mol. The van der Waals surface area contributed by atoms with Crippen molar-refractivity contribution in [2.24, 2.45) is 5.92 Å². The van der Waals surface area contributed by atoms with E-state index < -0.39 is 16.9 Å². The predicted molar refractivity (Wildman–Crippen MR) is 89.6 cm³/mol. The molecule has 0 aliphatic heterocycles. The topological polar surface area (TPSA) is 98.0 Å². The normalized spacial score (nSPS) is 18.9. The van der Waals surface area contributed by atoms with Crippen LogP contribution in [0.15, 0.2) is 40.4 Å². The van der Waals surface area contributed by atoms with Gasteiger partial charge in [0.15, 0.2) is 5.16 Å². The fourth-order valence-corrected chi connectivity index (χ4v) is 3.24. The van der Waals surface area contributed by atoms with E-state index in [1.54, 1.807) is 12.1 Å². The van der Waals surface area contributed by atoms with E-state index in [-0.39, 0.29) is 5.91 Å². The molecule has 0 radical (unpaired) electrons. The molecule has 1 aromatic heterocycles. The molecule has 1 aromatic carbocycles. The first kappa shape index (κ1) is 16.4. The Morgan fingerprint density at radius 1 is 1.25 bits per heavy atom. The molecule has 24 heavy (non-hydrogen) atoms. The van der Waals surface area contributed by atoms with Crippen molar-refractivity contribution in [1.82, 2.24) is 9.97 Å². The Bertz CT molecular complexity index is 774. The molecule has 0 spiro atoms. The highest BCUT2D eigenvalue weighted by Gasteiger charge is 2.53. The zero-order valence-electron chi connectivity index (χ0n) is 13.2. The van der Waals surface area contributed by atoms with Gasteiger partial charge < -0.3 is 5.32 Å². The summed E-state index contributed by atoms with van der Waals surface area (Å²) in [5.74, 6) is -0.813. The molecule has 2 aromatic rings. The number of carbonyl (C=O) groups excluding carboxylic acids is 1. The Morgan fingerprint density at radius 3 is 2.42 bits per heavy atom. The molecule has 0 unspecified atom stereocenters. The van der Waals surface area contributed by atoms with Gasteiger partial charge in [-0.3, -0.25) is 14.9 Å². The second-order valence-corrected chi connectivity index (χ2v) is 6.78. The maximum Gasteiger partial charge on any atom is 0.234 e. The quantitative estimate of drug-likeness (QED) is 0.509. The molecular formula is C16H16N4O3S. The third-order valence-electron chi connectivity index (χ3n) is 3.66. The molecule has 1 N–H and O–H groups in total. The number of hydrogen-bond donors (Lipinski definition) is 1. The van der Waals surface area contributed by atoms with E-state index in [0.717, 1.165) is 16.3 Å². The van der Waals surface area contributed by atoms with Crippen LogP contribution < -0.4 is 5.32 Å². The fourth-order valence-electron chi connectivity index (χ4n) is 2.38. The predicted octanol–water partition coefficient (Wildman–Crippen LogP) is 2.85. The molecule has 124 valence electrons. The van der Waals surface area contributed by atoms with Crippen LogP contribution in [0.5, 0.6) is 0 Å². The molecule has 1 heterocycles. The summed E-state index contributed by atoms with van der Waals surface area (Å²) < 4.78 is 0. The minimum atomic E-state index is -0.735. The first-order valence-corrected chi connectivity index (χ1v) is 8.28. The number of nitrogens with one attached hydrogen (secondary N) is 1. The van der Waals surface area contributed by atoms with Gasteiger partial charge in [0.2, 0.25) is 11.9 Å². The van der Waals surface area contributed by atoms with Gasteiger partial charge in [-0.2, -0.15) is 0 Å². The zero-order valence-corrected chi connectivity index (χ0v) is 14.0. The van der Waals surface area contributed by atoms with Crippen LogP contribution >= 0.6 is 11.8 Å². The van der Waals surface area contributed by atoms with Crippen molar-refractivity contribution in [2.75, 3.05) is 5.32 Å². The molecule has 1 amide bonds. The third-order valence-corrected chi connectivity index (χ3v) is 4.53. The molecule has 0 saturated heterocycles. The summed E-state index contributed by atoms with van der Waals surface area (Å²) in [6.45, 7) is 3.85. The lowest BCUT2D eigenvalue weighted by Gasteiger charge is -2.06. The van der Waals surface area contributed by atoms with E-state index in [1.807, 2.05) is 32.0 Å². The number of amides is 1. The fraction of sp³-hybridized carbons (Fsp3) is 0.312. The van der Waals surface area contributed by atoms with Crippen molar-refractivity contribution in [3.8, 4) is 0 Å². The van der Waals surface area contributed by atoms with Gasteiger partial charge in [-0.15, -0.1) is 0 Å². The smallest absolute Gasteiger partial charge is 0.234 e. The van der Waals surface area contributed by atoms with Gasteiger partial charge in [-0.25, -0.2) is 9.97 Å². The van der Waals surface area contributed by atoms with Crippen LogP contribution in [-0.2, 0) is 4.79 Å². The first-order valence-electron chi connectivity index (χ1n) is 7.47. The number of rotatable bonds is 5. The van der Waals surface area contributed by atoms with Crippen LogP contribution in [0.2, 0.25) is 0 Å². The molecule has 1 fully saturated rings.